The Balaban J connectivity index is 1.72. The highest BCUT2D eigenvalue weighted by Gasteiger charge is 2.11. The third-order valence-corrected chi connectivity index (χ3v) is 4.18. The van der Waals surface area contributed by atoms with Gasteiger partial charge in [0.25, 0.3) is 5.69 Å². The molecule has 4 rings (SSSR count). The number of aromatic amines is 1. The second kappa shape index (κ2) is 7.13. The van der Waals surface area contributed by atoms with Crippen LogP contribution >= 0.6 is 0 Å². The maximum atomic E-state index is 10.8. The second-order valence-corrected chi connectivity index (χ2v) is 5.98. The lowest BCUT2D eigenvalue weighted by molar-refractivity contribution is -0.384. The summed E-state index contributed by atoms with van der Waals surface area (Å²) >= 11 is 0. The fourth-order valence-electron chi connectivity index (χ4n) is 2.86. The zero-order valence-corrected chi connectivity index (χ0v) is 14.3. The van der Waals surface area contributed by atoms with Gasteiger partial charge in [-0.1, -0.05) is 36.4 Å². The van der Waals surface area contributed by atoms with Crippen molar-refractivity contribution in [3.05, 3.63) is 94.7 Å². The molecule has 4 aromatic rings. The lowest BCUT2D eigenvalue weighted by Crippen LogP contribution is -1.94. The molecule has 1 aromatic heterocycles. The van der Waals surface area contributed by atoms with Crippen LogP contribution in [-0.2, 0) is 0 Å². The molecule has 0 aliphatic carbocycles. The average molecular weight is 356 g/mol. The van der Waals surface area contributed by atoms with Gasteiger partial charge in [0.05, 0.1) is 28.2 Å². The van der Waals surface area contributed by atoms with Gasteiger partial charge in [-0.15, -0.1) is 0 Å². The molecule has 0 saturated heterocycles. The van der Waals surface area contributed by atoms with Crippen LogP contribution in [0.1, 0.15) is 5.69 Å². The highest BCUT2D eigenvalue weighted by atomic mass is 16.6. The Hall–Kier alpha value is -3.93. The number of nitro groups is 1. The lowest BCUT2D eigenvalue weighted by atomic mass is 10.2. The standard InChI is InChI=1S/C21H16N4O2/c26-25(27)17-12-10-16(11-13-17)23-21-18-8-4-5-9-19(18)24-20(21)14-22-15-6-2-1-3-7-15/h1-14,23-24H. The van der Waals surface area contributed by atoms with E-state index in [1.165, 1.54) is 12.1 Å². The van der Waals surface area contributed by atoms with Gasteiger partial charge in [-0.05, 0) is 30.3 Å². The minimum absolute atomic E-state index is 0.0605. The SMILES string of the molecule is O=[N+]([O-])c1ccc(Nc2c(C=Nc3ccccc3)[nH]c3ccccc23)cc1. The predicted octanol–water partition coefficient (Wildman–Crippen LogP) is 5.57. The van der Waals surface area contributed by atoms with Gasteiger partial charge >= 0.3 is 0 Å². The first kappa shape index (κ1) is 16.5. The van der Waals surface area contributed by atoms with E-state index in [2.05, 4.69) is 15.3 Å². The van der Waals surface area contributed by atoms with E-state index in [-0.39, 0.29) is 5.69 Å². The van der Waals surface area contributed by atoms with Crippen LogP contribution in [-0.4, -0.2) is 16.1 Å². The summed E-state index contributed by atoms with van der Waals surface area (Å²) in [6.45, 7) is 0. The van der Waals surface area contributed by atoms with Crippen molar-refractivity contribution in [2.24, 2.45) is 4.99 Å². The van der Waals surface area contributed by atoms with Gasteiger partial charge in [0.1, 0.15) is 0 Å². The maximum absolute atomic E-state index is 10.8. The molecule has 0 aliphatic heterocycles. The van der Waals surface area contributed by atoms with E-state index in [9.17, 15) is 10.1 Å². The third kappa shape index (κ3) is 3.55. The van der Waals surface area contributed by atoms with E-state index in [4.69, 9.17) is 0 Å². The fraction of sp³-hybridized carbons (Fsp3) is 0. The molecular formula is C21H16N4O2. The zero-order chi connectivity index (χ0) is 18.6. The van der Waals surface area contributed by atoms with E-state index >= 15 is 0 Å². The van der Waals surface area contributed by atoms with Crippen LogP contribution in [0.15, 0.2) is 83.9 Å². The normalized spacial score (nSPS) is 11.1. The summed E-state index contributed by atoms with van der Waals surface area (Å²) in [6.07, 6.45) is 1.78. The van der Waals surface area contributed by atoms with Crippen LogP contribution in [0.2, 0.25) is 0 Å². The van der Waals surface area contributed by atoms with Gasteiger partial charge in [-0.25, -0.2) is 0 Å². The van der Waals surface area contributed by atoms with Crippen molar-refractivity contribution in [3.8, 4) is 0 Å². The Labute approximate surface area is 155 Å². The highest BCUT2D eigenvalue weighted by molar-refractivity contribution is 6.04. The molecule has 0 spiro atoms. The molecule has 0 saturated carbocycles. The van der Waals surface area contributed by atoms with Crippen LogP contribution in [0.3, 0.4) is 0 Å². The maximum Gasteiger partial charge on any atom is 0.269 e. The Kier molecular flexibility index (Phi) is 4.37. The summed E-state index contributed by atoms with van der Waals surface area (Å²) in [4.78, 5) is 18.3. The number of rotatable bonds is 5. The topological polar surface area (TPSA) is 83.3 Å². The molecule has 0 fully saturated rings. The number of aromatic nitrogens is 1. The summed E-state index contributed by atoms with van der Waals surface area (Å²) in [5.41, 5.74) is 4.37. The van der Waals surface area contributed by atoms with Gasteiger partial charge in [0.15, 0.2) is 0 Å². The van der Waals surface area contributed by atoms with Gasteiger partial charge in [0.2, 0.25) is 0 Å². The van der Waals surface area contributed by atoms with Crippen molar-refractivity contribution >= 4 is 39.9 Å². The Morgan fingerprint density at radius 2 is 1.63 bits per heavy atom. The number of para-hydroxylation sites is 2. The molecule has 6 heteroatoms. The molecule has 2 N–H and O–H groups in total. The number of nitrogens with zero attached hydrogens (tertiary/aromatic N) is 2. The van der Waals surface area contributed by atoms with E-state index in [1.807, 2.05) is 54.6 Å². The Morgan fingerprint density at radius 1 is 0.926 bits per heavy atom. The Morgan fingerprint density at radius 3 is 2.37 bits per heavy atom. The van der Waals surface area contributed by atoms with Gasteiger partial charge in [-0.2, -0.15) is 0 Å². The van der Waals surface area contributed by atoms with E-state index in [0.717, 1.165) is 33.7 Å². The molecule has 3 aromatic carbocycles. The first-order valence-corrected chi connectivity index (χ1v) is 8.42. The largest absolute Gasteiger partial charge is 0.353 e. The minimum atomic E-state index is -0.409. The lowest BCUT2D eigenvalue weighted by Gasteiger charge is -2.06. The molecule has 0 atom stereocenters. The van der Waals surface area contributed by atoms with Crippen LogP contribution in [0.4, 0.5) is 22.7 Å². The highest BCUT2D eigenvalue weighted by Crippen LogP contribution is 2.30. The molecule has 0 aliphatic rings. The van der Waals surface area contributed by atoms with Crippen LogP contribution in [0.5, 0.6) is 0 Å². The molecule has 27 heavy (non-hydrogen) atoms. The van der Waals surface area contributed by atoms with Crippen molar-refractivity contribution in [2.75, 3.05) is 5.32 Å². The predicted molar refractivity (Wildman–Crippen MR) is 108 cm³/mol. The number of fused-ring (bicyclic) bond motifs is 1. The van der Waals surface area contributed by atoms with Gasteiger partial charge in [0, 0.05) is 28.7 Å². The first-order chi connectivity index (χ1) is 13.2. The molecule has 0 amide bonds. The van der Waals surface area contributed by atoms with Crippen molar-refractivity contribution in [1.82, 2.24) is 4.98 Å². The quantitative estimate of drug-likeness (QED) is 0.278. The van der Waals surface area contributed by atoms with Crippen molar-refractivity contribution in [1.29, 1.82) is 0 Å². The number of anilines is 2. The van der Waals surface area contributed by atoms with Crippen LogP contribution in [0.25, 0.3) is 10.9 Å². The summed E-state index contributed by atoms with van der Waals surface area (Å²) in [5.74, 6) is 0. The molecule has 0 radical (unpaired) electrons. The average Bonchev–Trinajstić information content (AvgIpc) is 3.05. The van der Waals surface area contributed by atoms with Crippen molar-refractivity contribution in [3.63, 3.8) is 0 Å². The van der Waals surface area contributed by atoms with Crippen molar-refractivity contribution < 1.29 is 4.92 Å². The Bertz CT molecular complexity index is 1120. The number of hydrogen-bond donors (Lipinski definition) is 2. The third-order valence-electron chi connectivity index (χ3n) is 4.18. The first-order valence-electron chi connectivity index (χ1n) is 8.42. The van der Waals surface area contributed by atoms with Crippen LogP contribution < -0.4 is 5.32 Å². The summed E-state index contributed by atoms with van der Waals surface area (Å²) in [7, 11) is 0. The fourth-order valence-corrected chi connectivity index (χ4v) is 2.86. The summed E-state index contributed by atoms with van der Waals surface area (Å²) in [6, 6.07) is 24.0. The second-order valence-electron chi connectivity index (χ2n) is 5.98. The number of benzene rings is 3. The summed E-state index contributed by atoms with van der Waals surface area (Å²) < 4.78 is 0. The molecule has 6 nitrogen and oxygen atoms in total. The number of hydrogen-bond acceptors (Lipinski definition) is 4. The van der Waals surface area contributed by atoms with E-state index in [0.29, 0.717) is 0 Å². The smallest absolute Gasteiger partial charge is 0.269 e. The van der Waals surface area contributed by atoms with Gasteiger partial charge in [-0.3, -0.25) is 15.1 Å². The number of aliphatic imine (C=N–C) groups is 1. The van der Waals surface area contributed by atoms with E-state index < -0.39 is 4.92 Å². The number of non-ortho nitro benzene ring substituents is 1. The number of nitro benzene ring substituents is 1. The zero-order valence-electron chi connectivity index (χ0n) is 14.3. The number of nitrogens with one attached hydrogen (secondary N) is 2. The monoisotopic (exact) mass is 356 g/mol. The summed E-state index contributed by atoms with van der Waals surface area (Å²) in [5, 5.41) is 15.2. The minimum Gasteiger partial charge on any atom is -0.353 e. The molecule has 0 unspecified atom stereocenters. The van der Waals surface area contributed by atoms with Crippen LogP contribution in [0, 0.1) is 10.1 Å². The molecule has 132 valence electrons. The van der Waals surface area contributed by atoms with Gasteiger partial charge < -0.3 is 10.3 Å². The number of H-pyrrole nitrogens is 1. The molecule has 0 bridgehead atoms. The van der Waals surface area contributed by atoms with E-state index in [1.54, 1.807) is 18.3 Å². The molecular weight excluding hydrogens is 340 g/mol. The molecule has 1 heterocycles. The van der Waals surface area contributed by atoms with Crippen molar-refractivity contribution in [2.45, 2.75) is 0 Å².